The van der Waals surface area contributed by atoms with Crippen molar-refractivity contribution >= 4 is 27.5 Å². The normalized spacial score (nSPS) is 14.3. The van der Waals surface area contributed by atoms with E-state index in [4.69, 9.17) is 0 Å². The van der Waals surface area contributed by atoms with E-state index in [0.717, 1.165) is 64.0 Å². The number of fused-ring (bicyclic) bond motifs is 2. The van der Waals surface area contributed by atoms with Gasteiger partial charge in [0.1, 0.15) is 11.3 Å². The Morgan fingerprint density at radius 3 is 2.80 bits per heavy atom. The molecule has 0 saturated heterocycles. The smallest absolute Gasteiger partial charge is 0.138 e. The van der Waals surface area contributed by atoms with Crippen molar-refractivity contribution < 1.29 is 0 Å². The molecular weight excluding hydrogens is 372 g/mol. The highest BCUT2D eigenvalue weighted by atomic mass is 15.1. The molecule has 0 unspecified atom stereocenters. The summed E-state index contributed by atoms with van der Waals surface area (Å²) in [7, 11) is 0. The van der Waals surface area contributed by atoms with Crippen LogP contribution in [-0.4, -0.2) is 38.2 Å². The lowest BCUT2D eigenvalue weighted by Crippen LogP contribution is -2.19. The van der Waals surface area contributed by atoms with Crippen molar-refractivity contribution in [3.63, 3.8) is 0 Å². The van der Waals surface area contributed by atoms with Crippen molar-refractivity contribution in [3.05, 3.63) is 72.7 Å². The number of benzene rings is 1. The maximum atomic E-state index is 4.62. The van der Waals surface area contributed by atoms with E-state index in [1.54, 1.807) is 6.20 Å². The third-order valence-corrected chi connectivity index (χ3v) is 5.76. The van der Waals surface area contributed by atoms with Crippen LogP contribution in [0.3, 0.4) is 0 Å². The quantitative estimate of drug-likeness (QED) is 0.421. The Morgan fingerprint density at radius 2 is 1.93 bits per heavy atom. The van der Waals surface area contributed by atoms with E-state index in [9.17, 15) is 0 Å². The highest BCUT2D eigenvalue weighted by Gasteiger charge is 2.15. The maximum Gasteiger partial charge on any atom is 0.138 e. The zero-order chi connectivity index (χ0) is 19.9. The van der Waals surface area contributed by atoms with Crippen molar-refractivity contribution in [1.29, 1.82) is 0 Å². The maximum absolute atomic E-state index is 4.62. The first-order valence-electron chi connectivity index (χ1n) is 10.1. The van der Waals surface area contributed by atoms with Gasteiger partial charge in [-0.2, -0.15) is 5.10 Å². The van der Waals surface area contributed by atoms with Crippen molar-refractivity contribution in [2.24, 2.45) is 0 Å². The lowest BCUT2D eigenvalue weighted by molar-refractivity contribution is 0.739. The Bertz CT molecular complexity index is 1390. The number of H-pyrrole nitrogens is 2. The van der Waals surface area contributed by atoms with Gasteiger partial charge in [0.25, 0.3) is 0 Å². The van der Waals surface area contributed by atoms with E-state index in [-0.39, 0.29) is 0 Å². The van der Waals surface area contributed by atoms with Crippen molar-refractivity contribution in [2.75, 3.05) is 13.1 Å². The zero-order valence-corrected chi connectivity index (χ0v) is 16.3. The number of aromatic amines is 2. The average molecular weight is 392 g/mol. The summed E-state index contributed by atoms with van der Waals surface area (Å²) in [6.07, 6.45) is 8.82. The second-order valence-electron chi connectivity index (χ2n) is 7.56. The minimum absolute atomic E-state index is 0.847. The molecule has 146 valence electrons. The van der Waals surface area contributed by atoms with Crippen LogP contribution in [0.15, 0.2) is 67.1 Å². The van der Waals surface area contributed by atoms with Crippen molar-refractivity contribution in [3.8, 4) is 22.5 Å². The number of nitrogens with zero attached hydrogens (tertiary/aromatic N) is 3. The molecule has 5 heterocycles. The predicted molar refractivity (Wildman–Crippen MR) is 120 cm³/mol. The lowest BCUT2D eigenvalue weighted by Gasteiger charge is -2.14. The minimum Gasteiger partial charge on any atom is -0.338 e. The zero-order valence-electron chi connectivity index (χ0n) is 16.3. The fourth-order valence-electron chi connectivity index (χ4n) is 4.23. The van der Waals surface area contributed by atoms with E-state index in [0.29, 0.717) is 0 Å². The standard InChI is InChI=1S/C24H20N6/c1-2-17(14-26-8-1)18-7-11-27-24-19(18)13-22(28-24)23-20-12-16(3-4-21(20)29-30-23)15-5-9-25-10-6-15/h1-5,7-8,11-14,25H,6,9-10H2,(H,27,28)(H,29,30). The molecule has 0 saturated carbocycles. The Hall–Kier alpha value is -3.77. The number of rotatable bonds is 3. The minimum atomic E-state index is 0.847. The van der Waals surface area contributed by atoms with Crippen LogP contribution in [0.2, 0.25) is 0 Å². The summed E-state index contributed by atoms with van der Waals surface area (Å²) >= 11 is 0. The second kappa shape index (κ2) is 6.93. The van der Waals surface area contributed by atoms with Gasteiger partial charge in [-0.1, -0.05) is 18.2 Å². The van der Waals surface area contributed by atoms with Crippen LogP contribution in [0.25, 0.3) is 50.0 Å². The fraction of sp³-hybridized carbons (Fsp3) is 0.125. The van der Waals surface area contributed by atoms with E-state index in [1.165, 1.54) is 11.1 Å². The SMILES string of the molecule is C1=C(c2ccc3[nH]nc(-c4cc5c(-c6cccnc6)ccnc5[nH]4)c3c2)CCNC1. The van der Waals surface area contributed by atoms with E-state index >= 15 is 0 Å². The van der Waals surface area contributed by atoms with Gasteiger partial charge in [0.05, 0.1) is 11.2 Å². The highest BCUT2D eigenvalue weighted by molar-refractivity contribution is 6.00. The van der Waals surface area contributed by atoms with Gasteiger partial charge in [-0.3, -0.25) is 10.1 Å². The van der Waals surface area contributed by atoms with Gasteiger partial charge in [0.15, 0.2) is 0 Å². The van der Waals surface area contributed by atoms with E-state index in [2.05, 4.69) is 66.9 Å². The number of nitrogens with one attached hydrogen (secondary N) is 3. The summed E-state index contributed by atoms with van der Waals surface area (Å²) in [5, 5.41) is 13.3. The van der Waals surface area contributed by atoms with E-state index < -0.39 is 0 Å². The van der Waals surface area contributed by atoms with Crippen LogP contribution in [0.1, 0.15) is 12.0 Å². The first kappa shape index (κ1) is 17.1. The molecular formula is C24H20N6. The van der Waals surface area contributed by atoms with Gasteiger partial charge < -0.3 is 10.3 Å². The molecule has 0 amide bonds. The molecule has 0 spiro atoms. The summed E-state index contributed by atoms with van der Waals surface area (Å²) in [4.78, 5) is 12.3. The molecule has 1 aliphatic heterocycles. The molecule has 0 radical (unpaired) electrons. The van der Waals surface area contributed by atoms with Gasteiger partial charge in [-0.15, -0.1) is 0 Å². The molecule has 4 aromatic heterocycles. The van der Waals surface area contributed by atoms with Gasteiger partial charge in [0.2, 0.25) is 0 Å². The van der Waals surface area contributed by atoms with Gasteiger partial charge in [-0.25, -0.2) is 4.98 Å². The fourth-order valence-corrected chi connectivity index (χ4v) is 4.23. The predicted octanol–water partition coefficient (Wildman–Crippen LogP) is 4.54. The summed E-state index contributed by atoms with van der Waals surface area (Å²) in [5.41, 5.74) is 8.57. The van der Waals surface area contributed by atoms with Crippen LogP contribution in [-0.2, 0) is 0 Å². The number of pyridine rings is 2. The van der Waals surface area contributed by atoms with Crippen LogP contribution in [0, 0.1) is 0 Å². The Labute approximate surface area is 173 Å². The number of aromatic nitrogens is 5. The van der Waals surface area contributed by atoms with Crippen LogP contribution in [0.5, 0.6) is 0 Å². The molecule has 3 N–H and O–H groups in total. The molecule has 0 aliphatic carbocycles. The molecule has 0 bridgehead atoms. The number of hydrogen-bond donors (Lipinski definition) is 3. The topological polar surface area (TPSA) is 82.3 Å². The molecule has 5 aromatic rings. The third kappa shape index (κ3) is 2.81. The Kier molecular flexibility index (Phi) is 3.95. The molecule has 1 aliphatic rings. The average Bonchev–Trinajstić information content (AvgIpc) is 3.43. The van der Waals surface area contributed by atoms with Crippen LogP contribution < -0.4 is 5.32 Å². The summed E-state index contributed by atoms with van der Waals surface area (Å²) in [6, 6.07) is 14.7. The molecule has 6 rings (SSSR count). The Balaban J connectivity index is 1.50. The monoisotopic (exact) mass is 392 g/mol. The molecule has 1 aromatic carbocycles. The van der Waals surface area contributed by atoms with Gasteiger partial charge in [0, 0.05) is 41.5 Å². The first-order chi connectivity index (χ1) is 14.9. The summed E-state index contributed by atoms with van der Waals surface area (Å²) < 4.78 is 0. The van der Waals surface area contributed by atoms with Crippen LogP contribution >= 0.6 is 0 Å². The van der Waals surface area contributed by atoms with Crippen LogP contribution in [0.4, 0.5) is 0 Å². The molecule has 6 nitrogen and oxygen atoms in total. The number of hydrogen-bond acceptors (Lipinski definition) is 4. The van der Waals surface area contributed by atoms with Gasteiger partial charge in [-0.05, 0) is 60.0 Å². The van der Waals surface area contributed by atoms with Gasteiger partial charge >= 0.3 is 0 Å². The third-order valence-electron chi connectivity index (χ3n) is 5.76. The molecule has 0 atom stereocenters. The van der Waals surface area contributed by atoms with Crippen molar-refractivity contribution in [1.82, 2.24) is 30.5 Å². The molecule has 0 fully saturated rings. The largest absolute Gasteiger partial charge is 0.338 e. The first-order valence-corrected chi connectivity index (χ1v) is 10.1. The lowest BCUT2D eigenvalue weighted by atomic mass is 9.98. The summed E-state index contributed by atoms with van der Waals surface area (Å²) in [5.74, 6) is 0. The second-order valence-corrected chi connectivity index (χ2v) is 7.56. The van der Waals surface area contributed by atoms with Crippen molar-refractivity contribution in [2.45, 2.75) is 6.42 Å². The van der Waals surface area contributed by atoms with E-state index in [1.807, 2.05) is 24.5 Å². The summed E-state index contributed by atoms with van der Waals surface area (Å²) in [6.45, 7) is 1.95. The molecule has 30 heavy (non-hydrogen) atoms. The molecule has 6 heteroatoms. The Morgan fingerprint density at radius 1 is 0.933 bits per heavy atom. The highest BCUT2D eigenvalue weighted by Crippen LogP contribution is 2.34.